The summed E-state index contributed by atoms with van der Waals surface area (Å²) in [6.45, 7) is 3.42. The fourth-order valence-electron chi connectivity index (χ4n) is 2.50. The molecule has 0 aliphatic carbocycles. The topological polar surface area (TPSA) is 90.9 Å². The molecule has 2 aromatic heterocycles. The van der Waals surface area contributed by atoms with Crippen LogP contribution in [0.15, 0.2) is 17.3 Å². The Balaban J connectivity index is 1.65. The first-order valence-electron chi connectivity index (χ1n) is 7.15. The van der Waals surface area contributed by atoms with Gasteiger partial charge in [-0.25, -0.2) is 9.97 Å². The predicted molar refractivity (Wildman–Crippen MR) is 93.4 cm³/mol. The number of thiol groups is 1. The standard InChI is InChI=1S/C13H18BrN7OS/c1-7(15-3-8-10(14)18-6-20(8)2)4-21-11-9(16-5-17-11)12(22)19-13(21)23/h5-7,13,15,23H,3-4H2,1-2H3,(H,16,17)(H,19,22). The van der Waals surface area contributed by atoms with Crippen LogP contribution in [0, 0.1) is 0 Å². The second-order valence-corrected chi connectivity index (χ2v) is 6.72. The average molecular weight is 400 g/mol. The lowest BCUT2D eigenvalue weighted by Gasteiger charge is -2.35. The molecule has 1 aliphatic heterocycles. The summed E-state index contributed by atoms with van der Waals surface area (Å²) in [6, 6.07) is 0.158. The van der Waals surface area contributed by atoms with Gasteiger partial charge in [0.25, 0.3) is 5.91 Å². The van der Waals surface area contributed by atoms with Gasteiger partial charge < -0.3 is 25.1 Å². The summed E-state index contributed by atoms with van der Waals surface area (Å²) in [5, 5.41) is 6.25. The molecule has 10 heteroatoms. The normalized spacial score (nSPS) is 18.7. The highest BCUT2D eigenvalue weighted by Gasteiger charge is 2.31. The molecule has 8 nitrogen and oxygen atoms in total. The number of nitrogens with zero attached hydrogens (tertiary/aromatic N) is 4. The highest BCUT2D eigenvalue weighted by Crippen LogP contribution is 2.24. The van der Waals surface area contributed by atoms with Crippen LogP contribution in [0.1, 0.15) is 23.1 Å². The van der Waals surface area contributed by atoms with Crippen molar-refractivity contribution in [3.05, 3.63) is 28.6 Å². The fraction of sp³-hybridized carbons (Fsp3) is 0.462. The van der Waals surface area contributed by atoms with E-state index in [1.165, 1.54) is 6.33 Å². The number of carbonyl (C=O) groups is 1. The maximum absolute atomic E-state index is 11.9. The summed E-state index contributed by atoms with van der Waals surface area (Å²) in [5.74, 6) is 0.442. The van der Waals surface area contributed by atoms with Crippen LogP contribution in [0.4, 0.5) is 5.82 Å². The van der Waals surface area contributed by atoms with Crippen molar-refractivity contribution in [2.75, 3.05) is 11.4 Å². The van der Waals surface area contributed by atoms with Gasteiger partial charge in [0.1, 0.15) is 15.8 Å². The second-order valence-electron chi connectivity index (χ2n) is 5.48. The van der Waals surface area contributed by atoms with E-state index in [9.17, 15) is 4.79 Å². The SMILES string of the molecule is CC(CN1c2nc[nH]c2C(=O)NC1S)NCc1c(Br)ncn1C. The number of anilines is 1. The number of hydrogen-bond acceptors (Lipinski definition) is 6. The molecule has 2 unspecified atom stereocenters. The third kappa shape index (κ3) is 3.24. The van der Waals surface area contributed by atoms with Crippen molar-refractivity contribution in [1.29, 1.82) is 0 Å². The molecule has 23 heavy (non-hydrogen) atoms. The molecule has 0 saturated carbocycles. The average Bonchev–Trinajstić information content (AvgIpc) is 3.10. The van der Waals surface area contributed by atoms with Crippen molar-refractivity contribution in [3.63, 3.8) is 0 Å². The summed E-state index contributed by atoms with van der Waals surface area (Å²) in [6.07, 6.45) is 3.29. The monoisotopic (exact) mass is 399 g/mol. The van der Waals surface area contributed by atoms with Gasteiger partial charge in [0.05, 0.1) is 18.3 Å². The van der Waals surface area contributed by atoms with E-state index in [-0.39, 0.29) is 11.9 Å². The van der Waals surface area contributed by atoms with Crippen molar-refractivity contribution in [3.8, 4) is 0 Å². The third-order valence-electron chi connectivity index (χ3n) is 3.77. The van der Waals surface area contributed by atoms with Gasteiger partial charge in [0, 0.05) is 26.2 Å². The van der Waals surface area contributed by atoms with Gasteiger partial charge in [-0.05, 0) is 22.9 Å². The van der Waals surface area contributed by atoms with Crippen LogP contribution in [-0.2, 0) is 13.6 Å². The van der Waals surface area contributed by atoms with Crippen molar-refractivity contribution >= 4 is 40.3 Å². The number of amides is 1. The van der Waals surface area contributed by atoms with E-state index in [2.05, 4.69) is 61.1 Å². The molecule has 3 N–H and O–H groups in total. The van der Waals surface area contributed by atoms with Crippen LogP contribution in [0.3, 0.4) is 0 Å². The van der Waals surface area contributed by atoms with Crippen LogP contribution in [-0.4, -0.2) is 43.5 Å². The molecule has 0 saturated heterocycles. The molecule has 3 heterocycles. The molecule has 0 aromatic carbocycles. The Labute approximate surface area is 147 Å². The van der Waals surface area contributed by atoms with E-state index >= 15 is 0 Å². The molecule has 1 amide bonds. The first kappa shape index (κ1) is 16.3. The molecule has 0 radical (unpaired) electrons. The van der Waals surface area contributed by atoms with Gasteiger partial charge >= 0.3 is 0 Å². The number of H-pyrrole nitrogens is 1. The maximum Gasteiger partial charge on any atom is 0.273 e. The zero-order valence-corrected chi connectivity index (χ0v) is 15.2. The molecule has 124 valence electrons. The number of hydrogen-bond donors (Lipinski definition) is 4. The fourth-order valence-corrected chi connectivity index (χ4v) is 3.33. The van der Waals surface area contributed by atoms with E-state index in [1.54, 1.807) is 6.33 Å². The predicted octanol–water partition coefficient (Wildman–Crippen LogP) is 0.847. The molecule has 2 atom stereocenters. The van der Waals surface area contributed by atoms with Crippen molar-refractivity contribution in [2.24, 2.45) is 7.05 Å². The minimum Gasteiger partial charge on any atom is -0.339 e. The number of rotatable bonds is 5. The minimum atomic E-state index is -0.397. The smallest absolute Gasteiger partial charge is 0.273 e. The molecule has 0 spiro atoms. The van der Waals surface area contributed by atoms with Crippen LogP contribution in [0.5, 0.6) is 0 Å². The zero-order valence-electron chi connectivity index (χ0n) is 12.7. The van der Waals surface area contributed by atoms with Crippen LogP contribution in [0.2, 0.25) is 0 Å². The Hall–Kier alpha value is -1.52. The lowest BCUT2D eigenvalue weighted by atomic mass is 10.2. The summed E-state index contributed by atoms with van der Waals surface area (Å²) in [5.41, 5.74) is 1.15. The highest BCUT2D eigenvalue weighted by molar-refractivity contribution is 9.10. The Morgan fingerprint density at radius 3 is 3.00 bits per heavy atom. The van der Waals surface area contributed by atoms with Gasteiger partial charge in [-0.3, -0.25) is 4.79 Å². The maximum atomic E-state index is 11.9. The number of nitrogens with one attached hydrogen (secondary N) is 3. The molecule has 2 aromatic rings. The molecule has 0 bridgehead atoms. The van der Waals surface area contributed by atoms with Crippen LogP contribution in [0.25, 0.3) is 0 Å². The minimum absolute atomic E-state index is 0.158. The number of imidazole rings is 2. The summed E-state index contributed by atoms with van der Waals surface area (Å²) < 4.78 is 2.81. The van der Waals surface area contributed by atoms with Gasteiger partial charge in [0.2, 0.25) is 0 Å². The number of aromatic nitrogens is 4. The Morgan fingerprint density at radius 1 is 1.52 bits per heavy atom. The van der Waals surface area contributed by atoms with Crippen molar-refractivity contribution in [2.45, 2.75) is 25.0 Å². The van der Waals surface area contributed by atoms with E-state index in [0.29, 0.717) is 24.6 Å². The number of halogens is 1. The first-order chi connectivity index (χ1) is 11.0. The number of fused-ring (bicyclic) bond motifs is 1. The van der Waals surface area contributed by atoms with E-state index in [0.717, 1.165) is 10.3 Å². The Bertz CT molecular complexity index is 695. The number of aromatic amines is 1. The quantitative estimate of drug-likeness (QED) is 0.559. The molecule has 1 aliphatic rings. The molecular weight excluding hydrogens is 382 g/mol. The number of aryl methyl sites for hydroxylation is 1. The second kappa shape index (κ2) is 6.54. The highest BCUT2D eigenvalue weighted by atomic mass is 79.9. The molecule has 0 fully saturated rings. The molecular formula is C13H18BrN7OS. The Morgan fingerprint density at radius 2 is 2.30 bits per heavy atom. The lowest BCUT2D eigenvalue weighted by Crippen LogP contribution is -2.53. The van der Waals surface area contributed by atoms with E-state index < -0.39 is 5.50 Å². The summed E-state index contributed by atoms with van der Waals surface area (Å²) >= 11 is 7.88. The molecule has 3 rings (SSSR count). The lowest BCUT2D eigenvalue weighted by molar-refractivity contribution is 0.0937. The zero-order chi connectivity index (χ0) is 16.6. The summed E-state index contributed by atoms with van der Waals surface area (Å²) in [4.78, 5) is 25.1. The van der Waals surface area contributed by atoms with Gasteiger partial charge in [-0.1, -0.05) is 0 Å². The van der Waals surface area contributed by atoms with Crippen LogP contribution < -0.4 is 15.5 Å². The van der Waals surface area contributed by atoms with Crippen molar-refractivity contribution in [1.82, 2.24) is 30.2 Å². The van der Waals surface area contributed by atoms with Crippen molar-refractivity contribution < 1.29 is 4.79 Å². The third-order valence-corrected chi connectivity index (χ3v) is 4.84. The van der Waals surface area contributed by atoms with Gasteiger partial charge in [-0.15, -0.1) is 12.6 Å². The Kier molecular flexibility index (Phi) is 4.64. The van der Waals surface area contributed by atoms with E-state index in [1.807, 2.05) is 16.5 Å². The largest absolute Gasteiger partial charge is 0.339 e. The van der Waals surface area contributed by atoms with E-state index in [4.69, 9.17) is 0 Å². The first-order valence-corrected chi connectivity index (χ1v) is 8.46. The summed E-state index contributed by atoms with van der Waals surface area (Å²) in [7, 11) is 1.96. The van der Waals surface area contributed by atoms with Crippen LogP contribution >= 0.6 is 28.6 Å². The van der Waals surface area contributed by atoms with Gasteiger partial charge in [-0.2, -0.15) is 0 Å². The number of carbonyl (C=O) groups excluding carboxylic acids is 1. The van der Waals surface area contributed by atoms with Gasteiger partial charge in [0.15, 0.2) is 5.82 Å².